The summed E-state index contributed by atoms with van der Waals surface area (Å²) in [5, 5.41) is 3.40. The van der Waals surface area contributed by atoms with E-state index >= 15 is 0 Å². The monoisotopic (exact) mass is 327 g/mol. The molecule has 0 aliphatic carbocycles. The summed E-state index contributed by atoms with van der Waals surface area (Å²) in [4.78, 5) is 15.6. The lowest BCUT2D eigenvalue weighted by atomic mass is 9.74. The second-order valence-electron chi connectivity index (χ2n) is 6.08. The third-order valence-electron chi connectivity index (χ3n) is 4.70. The number of fused-ring (bicyclic) bond motifs is 1. The van der Waals surface area contributed by atoms with Gasteiger partial charge in [0.05, 0.1) is 6.33 Å². The first-order valence-corrected chi connectivity index (χ1v) is 7.99. The van der Waals surface area contributed by atoms with Crippen LogP contribution in [-0.2, 0) is 10.2 Å². The summed E-state index contributed by atoms with van der Waals surface area (Å²) in [7, 11) is 0. The smallest absolute Gasteiger partial charge is 0.182 e. The Kier molecular flexibility index (Phi) is 3.86. The summed E-state index contributed by atoms with van der Waals surface area (Å²) in [5.41, 5.74) is 2.21. The van der Waals surface area contributed by atoms with E-state index < -0.39 is 0 Å². The zero-order valence-electron chi connectivity index (χ0n) is 13.1. The maximum Gasteiger partial charge on any atom is 0.182 e. The third-order valence-corrected chi connectivity index (χ3v) is 4.70. The standard InChI is InChI=1S/C17H18FN5O/c18-13-3-1-2-12(8-13)17(4-6-24-7-5-17)9-19-15-14-16(21-10-20-14)23-11-22-15/h1-3,8,10-11H,4-7,9H2,(H2,19,20,21,22,23). The molecule has 124 valence electrons. The Morgan fingerprint density at radius 3 is 2.92 bits per heavy atom. The molecule has 2 aromatic heterocycles. The number of aromatic nitrogens is 4. The SMILES string of the molecule is Fc1cccc(C2(CNc3ncnc4nc[nH]c34)CCOCC2)c1. The highest BCUT2D eigenvalue weighted by molar-refractivity contribution is 5.81. The lowest BCUT2D eigenvalue weighted by Crippen LogP contribution is -2.40. The zero-order valence-corrected chi connectivity index (χ0v) is 13.1. The Morgan fingerprint density at radius 2 is 2.08 bits per heavy atom. The van der Waals surface area contributed by atoms with Gasteiger partial charge < -0.3 is 15.0 Å². The van der Waals surface area contributed by atoms with Crippen molar-refractivity contribution in [2.75, 3.05) is 25.1 Å². The Labute approximate surface area is 138 Å². The van der Waals surface area contributed by atoms with Gasteiger partial charge in [-0.05, 0) is 30.5 Å². The van der Waals surface area contributed by atoms with E-state index in [1.54, 1.807) is 18.5 Å². The van der Waals surface area contributed by atoms with Crippen LogP contribution in [0.2, 0.25) is 0 Å². The van der Waals surface area contributed by atoms with E-state index in [-0.39, 0.29) is 11.2 Å². The van der Waals surface area contributed by atoms with Gasteiger partial charge in [0.2, 0.25) is 0 Å². The highest BCUT2D eigenvalue weighted by Crippen LogP contribution is 2.35. The van der Waals surface area contributed by atoms with Crippen LogP contribution in [0, 0.1) is 5.82 Å². The van der Waals surface area contributed by atoms with Crippen molar-refractivity contribution in [3.05, 3.63) is 48.3 Å². The molecule has 6 nitrogen and oxygen atoms in total. The van der Waals surface area contributed by atoms with Gasteiger partial charge in [0.1, 0.15) is 17.7 Å². The van der Waals surface area contributed by atoms with Crippen LogP contribution in [-0.4, -0.2) is 39.7 Å². The van der Waals surface area contributed by atoms with E-state index in [0.717, 1.165) is 23.9 Å². The number of nitrogens with one attached hydrogen (secondary N) is 2. The minimum Gasteiger partial charge on any atom is -0.381 e. The Bertz CT molecular complexity index is 844. The van der Waals surface area contributed by atoms with E-state index in [0.29, 0.717) is 31.2 Å². The first-order chi connectivity index (χ1) is 11.8. The van der Waals surface area contributed by atoms with Gasteiger partial charge in [0.15, 0.2) is 11.5 Å². The van der Waals surface area contributed by atoms with Crippen molar-refractivity contribution < 1.29 is 9.13 Å². The highest BCUT2D eigenvalue weighted by Gasteiger charge is 2.35. The minimum atomic E-state index is -0.212. The van der Waals surface area contributed by atoms with E-state index in [1.807, 2.05) is 6.07 Å². The molecule has 0 bridgehead atoms. The van der Waals surface area contributed by atoms with Crippen LogP contribution in [0.4, 0.5) is 10.2 Å². The topological polar surface area (TPSA) is 75.7 Å². The fraction of sp³-hybridized carbons (Fsp3) is 0.353. The summed E-state index contributed by atoms with van der Waals surface area (Å²) < 4.78 is 19.3. The first-order valence-electron chi connectivity index (χ1n) is 7.99. The van der Waals surface area contributed by atoms with Crippen LogP contribution >= 0.6 is 0 Å². The number of anilines is 1. The lowest BCUT2D eigenvalue weighted by molar-refractivity contribution is 0.0543. The zero-order chi connectivity index (χ0) is 16.4. The maximum absolute atomic E-state index is 13.7. The quantitative estimate of drug-likeness (QED) is 0.770. The number of nitrogens with zero attached hydrogens (tertiary/aromatic N) is 3. The molecule has 0 saturated carbocycles. The molecule has 1 aliphatic heterocycles. The minimum absolute atomic E-state index is 0.183. The molecule has 1 saturated heterocycles. The molecule has 4 rings (SSSR count). The molecule has 1 aliphatic rings. The average molecular weight is 327 g/mol. The van der Waals surface area contributed by atoms with Crippen molar-refractivity contribution >= 4 is 17.0 Å². The Morgan fingerprint density at radius 1 is 1.21 bits per heavy atom. The highest BCUT2D eigenvalue weighted by atomic mass is 19.1. The summed E-state index contributed by atoms with van der Waals surface area (Å²) in [6.07, 6.45) is 4.76. The second-order valence-corrected chi connectivity index (χ2v) is 6.08. The molecule has 0 amide bonds. The molecule has 2 N–H and O–H groups in total. The number of aromatic amines is 1. The number of hydrogen-bond acceptors (Lipinski definition) is 5. The maximum atomic E-state index is 13.7. The molecule has 1 fully saturated rings. The third kappa shape index (κ3) is 2.71. The van der Waals surface area contributed by atoms with Gasteiger partial charge in [0, 0.05) is 25.2 Å². The fourth-order valence-corrected chi connectivity index (χ4v) is 3.30. The number of rotatable bonds is 4. The fourth-order valence-electron chi connectivity index (χ4n) is 3.30. The molecule has 1 aromatic carbocycles. The van der Waals surface area contributed by atoms with Crippen molar-refractivity contribution in [2.45, 2.75) is 18.3 Å². The van der Waals surface area contributed by atoms with Gasteiger partial charge >= 0.3 is 0 Å². The van der Waals surface area contributed by atoms with Crippen LogP contribution in [0.5, 0.6) is 0 Å². The molecule has 0 atom stereocenters. The number of halogens is 1. The average Bonchev–Trinajstić information content (AvgIpc) is 3.10. The molecule has 3 aromatic rings. The summed E-state index contributed by atoms with van der Waals surface area (Å²) in [6, 6.07) is 6.85. The summed E-state index contributed by atoms with van der Waals surface area (Å²) in [6.45, 7) is 1.98. The Balaban J connectivity index is 1.64. The largest absolute Gasteiger partial charge is 0.381 e. The van der Waals surface area contributed by atoms with E-state index in [1.165, 1.54) is 12.4 Å². The second kappa shape index (κ2) is 6.16. The number of benzene rings is 1. The molecule has 24 heavy (non-hydrogen) atoms. The van der Waals surface area contributed by atoms with Crippen molar-refractivity contribution in [3.63, 3.8) is 0 Å². The summed E-state index contributed by atoms with van der Waals surface area (Å²) >= 11 is 0. The van der Waals surface area contributed by atoms with Gasteiger partial charge in [0.25, 0.3) is 0 Å². The van der Waals surface area contributed by atoms with Gasteiger partial charge in [-0.1, -0.05) is 12.1 Å². The van der Waals surface area contributed by atoms with Crippen molar-refractivity contribution in [1.29, 1.82) is 0 Å². The predicted molar refractivity (Wildman–Crippen MR) is 88.3 cm³/mol. The molecule has 0 unspecified atom stereocenters. The van der Waals surface area contributed by atoms with E-state index in [4.69, 9.17) is 4.74 Å². The predicted octanol–water partition coefficient (Wildman–Crippen LogP) is 2.65. The lowest BCUT2D eigenvalue weighted by Gasteiger charge is -2.38. The number of imidazole rings is 1. The van der Waals surface area contributed by atoms with Gasteiger partial charge in [-0.3, -0.25) is 0 Å². The van der Waals surface area contributed by atoms with Gasteiger partial charge in [-0.15, -0.1) is 0 Å². The summed E-state index contributed by atoms with van der Waals surface area (Å²) in [5.74, 6) is 0.496. The van der Waals surface area contributed by atoms with Gasteiger partial charge in [-0.25, -0.2) is 19.3 Å². The molecular formula is C17H18FN5O. The molecule has 0 radical (unpaired) electrons. The Hall–Kier alpha value is -2.54. The van der Waals surface area contributed by atoms with Crippen molar-refractivity contribution in [3.8, 4) is 0 Å². The van der Waals surface area contributed by atoms with Crippen LogP contribution in [0.25, 0.3) is 11.2 Å². The number of H-pyrrole nitrogens is 1. The van der Waals surface area contributed by atoms with Crippen LogP contribution in [0.3, 0.4) is 0 Å². The molecule has 3 heterocycles. The number of hydrogen-bond donors (Lipinski definition) is 2. The molecule has 7 heteroatoms. The van der Waals surface area contributed by atoms with Crippen molar-refractivity contribution in [2.24, 2.45) is 0 Å². The van der Waals surface area contributed by atoms with Crippen LogP contribution in [0.1, 0.15) is 18.4 Å². The normalized spacial score (nSPS) is 17.0. The molecule has 0 spiro atoms. The first kappa shape index (κ1) is 15.0. The van der Waals surface area contributed by atoms with E-state index in [2.05, 4.69) is 25.3 Å². The van der Waals surface area contributed by atoms with Crippen LogP contribution in [0.15, 0.2) is 36.9 Å². The molecular weight excluding hydrogens is 309 g/mol. The van der Waals surface area contributed by atoms with Crippen LogP contribution < -0.4 is 5.32 Å². The van der Waals surface area contributed by atoms with E-state index in [9.17, 15) is 4.39 Å². The van der Waals surface area contributed by atoms with Crippen molar-refractivity contribution in [1.82, 2.24) is 19.9 Å². The number of ether oxygens (including phenoxy) is 1. The van der Waals surface area contributed by atoms with Gasteiger partial charge in [-0.2, -0.15) is 0 Å².